The van der Waals surface area contributed by atoms with Gasteiger partial charge in [0.1, 0.15) is 17.2 Å². The highest BCUT2D eigenvalue weighted by Crippen LogP contribution is 2.52. The molecule has 1 aliphatic heterocycles. The maximum atomic E-state index is 13.6. The second kappa shape index (κ2) is 9.39. The van der Waals surface area contributed by atoms with Crippen LogP contribution in [0.4, 0.5) is 5.69 Å². The van der Waals surface area contributed by atoms with Gasteiger partial charge in [-0.25, -0.2) is 0 Å². The molecular formula is C29H25N3O9. The highest BCUT2D eigenvalue weighted by atomic mass is 16.6. The Morgan fingerprint density at radius 3 is 2.44 bits per heavy atom. The Labute approximate surface area is 232 Å². The Bertz CT molecular complexity index is 1620. The number of amides is 2. The zero-order valence-electron chi connectivity index (χ0n) is 21.5. The van der Waals surface area contributed by atoms with E-state index >= 15 is 0 Å². The summed E-state index contributed by atoms with van der Waals surface area (Å²) in [5.74, 6) is -9.32. The molecule has 0 aromatic heterocycles. The van der Waals surface area contributed by atoms with E-state index in [4.69, 9.17) is 10.6 Å². The smallest absolute Gasteiger partial charge is 0.273 e. The number of aliphatic hydroxyl groups is 2. The molecule has 2 amide bonds. The Kier molecular flexibility index (Phi) is 6.05. The molecule has 12 nitrogen and oxygen atoms in total. The molecule has 1 unspecified atom stereocenters. The third-order valence-corrected chi connectivity index (χ3v) is 8.34. The molecule has 41 heavy (non-hydrogen) atoms. The van der Waals surface area contributed by atoms with Crippen molar-refractivity contribution in [3.63, 3.8) is 0 Å². The molecule has 6 rings (SSSR count). The van der Waals surface area contributed by atoms with E-state index in [2.05, 4.69) is 10.8 Å². The van der Waals surface area contributed by atoms with Crippen molar-refractivity contribution < 1.29 is 44.1 Å². The van der Waals surface area contributed by atoms with Crippen molar-refractivity contribution in [3.8, 4) is 16.9 Å². The molecule has 0 saturated heterocycles. The van der Waals surface area contributed by atoms with Crippen LogP contribution in [0.3, 0.4) is 0 Å². The number of hydroxylamine groups is 1. The van der Waals surface area contributed by atoms with Crippen LogP contribution in [0.2, 0.25) is 0 Å². The fourth-order valence-corrected chi connectivity index (χ4v) is 6.37. The summed E-state index contributed by atoms with van der Waals surface area (Å²) in [6.45, 7) is 0.282. The lowest BCUT2D eigenvalue weighted by Gasteiger charge is -2.46. The van der Waals surface area contributed by atoms with Crippen LogP contribution in [0.5, 0.6) is 5.75 Å². The Morgan fingerprint density at radius 1 is 1.05 bits per heavy atom. The number of hydrogen-bond donors (Lipinski definition) is 6. The minimum atomic E-state index is -2.69. The molecule has 4 atom stereocenters. The summed E-state index contributed by atoms with van der Waals surface area (Å²) in [7, 11) is 0. The molecule has 0 bridgehead atoms. The lowest BCUT2D eigenvalue weighted by Crippen LogP contribution is -2.65. The van der Waals surface area contributed by atoms with Crippen molar-refractivity contribution in [1.29, 1.82) is 0 Å². The van der Waals surface area contributed by atoms with E-state index in [-0.39, 0.29) is 42.2 Å². The van der Waals surface area contributed by atoms with Gasteiger partial charge in [0, 0.05) is 23.6 Å². The third-order valence-electron chi connectivity index (χ3n) is 8.34. The summed E-state index contributed by atoms with van der Waals surface area (Å²) in [5, 5.41) is 36.1. The van der Waals surface area contributed by atoms with Crippen LogP contribution in [0.15, 0.2) is 53.7 Å². The summed E-state index contributed by atoms with van der Waals surface area (Å²) >= 11 is 0. The summed E-state index contributed by atoms with van der Waals surface area (Å²) < 4.78 is 0. The van der Waals surface area contributed by atoms with E-state index in [0.717, 1.165) is 0 Å². The van der Waals surface area contributed by atoms with Crippen LogP contribution < -0.4 is 16.5 Å². The molecule has 2 aromatic carbocycles. The van der Waals surface area contributed by atoms with Crippen LogP contribution in [0.25, 0.3) is 16.9 Å². The van der Waals surface area contributed by atoms with E-state index in [0.29, 0.717) is 28.1 Å². The van der Waals surface area contributed by atoms with Crippen LogP contribution in [-0.4, -0.2) is 56.7 Å². The number of rotatable bonds is 4. The van der Waals surface area contributed by atoms with E-state index in [9.17, 15) is 39.3 Å². The number of ketones is 3. The van der Waals surface area contributed by atoms with Gasteiger partial charge in [-0.1, -0.05) is 18.2 Å². The van der Waals surface area contributed by atoms with Gasteiger partial charge in [-0.2, -0.15) is 0 Å². The number of phenols is 1. The molecule has 4 aliphatic rings. The number of nitrogens with one attached hydrogen (secondary N) is 2. The van der Waals surface area contributed by atoms with Crippen molar-refractivity contribution >= 4 is 40.6 Å². The highest BCUT2D eigenvalue weighted by Gasteiger charge is 2.64. The fraction of sp³-hybridized carbons (Fsp3) is 0.276. The van der Waals surface area contributed by atoms with E-state index in [1.165, 1.54) is 6.07 Å². The molecule has 0 radical (unpaired) electrons. The Balaban J connectivity index is 1.37. The van der Waals surface area contributed by atoms with Gasteiger partial charge in [-0.05, 0) is 59.7 Å². The summed E-state index contributed by atoms with van der Waals surface area (Å²) in [4.78, 5) is 68.3. The number of aromatic hydroxyl groups is 1. The first-order chi connectivity index (χ1) is 19.5. The van der Waals surface area contributed by atoms with Gasteiger partial charge in [-0.3, -0.25) is 34.3 Å². The fourth-order valence-electron chi connectivity index (χ4n) is 6.37. The first-order valence-electron chi connectivity index (χ1n) is 12.9. The number of carbonyl (C=O) groups is 5. The topological polar surface area (TPSA) is 205 Å². The minimum Gasteiger partial charge on any atom is -0.507 e. The van der Waals surface area contributed by atoms with Crippen LogP contribution in [0, 0.1) is 17.8 Å². The maximum absolute atomic E-state index is 13.6. The molecule has 7 N–H and O–H groups in total. The third kappa shape index (κ3) is 3.94. The molecule has 1 heterocycles. The maximum Gasteiger partial charge on any atom is 0.273 e. The molecule has 3 aliphatic carbocycles. The summed E-state index contributed by atoms with van der Waals surface area (Å²) in [5.41, 5.74) is 7.50. The molecule has 0 spiro atoms. The lowest BCUT2D eigenvalue weighted by atomic mass is 9.56. The monoisotopic (exact) mass is 559 g/mol. The number of carbonyl (C=O) groups excluding carboxylic acids is 5. The molecule has 2 fully saturated rings. The SMILES string of the molecule is NC(=O)C1C(=O)C[C@@H]2C[C@@H]3Cc4c(-c5ccc(NC(=O)C6=CCON6)cc5)ccc(O)c4C(O)=C3C(=O)[C@]2(O)C1=O. The quantitative estimate of drug-likeness (QED) is 0.291. The van der Waals surface area contributed by atoms with Crippen LogP contribution >= 0.6 is 0 Å². The summed E-state index contributed by atoms with van der Waals surface area (Å²) in [6, 6.07) is 9.89. The van der Waals surface area contributed by atoms with Crippen molar-refractivity contribution in [1.82, 2.24) is 5.48 Å². The van der Waals surface area contributed by atoms with Crippen molar-refractivity contribution in [2.45, 2.75) is 24.9 Å². The predicted octanol–water partition coefficient (Wildman–Crippen LogP) is 0.821. The van der Waals surface area contributed by atoms with Crippen molar-refractivity contribution in [3.05, 3.63) is 64.9 Å². The Hall–Kier alpha value is -4.81. The molecular weight excluding hydrogens is 534 g/mol. The highest BCUT2D eigenvalue weighted by molar-refractivity contribution is 6.31. The zero-order valence-corrected chi connectivity index (χ0v) is 21.5. The number of anilines is 1. The second-order valence-electron chi connectivity index (χ2n) is 10.6. The van der Waals surface area contributed by atoms with Gasteiger partial charge >= 0.3 is 0 Å². The molecule has 210 valence electrons. The number of aliphatic hydroxyl groups excluding tert-OH is 1. The molecule has 2 aromatic rings. The average Bonchev–Trinajstić information content (AvgIpc) is 3.47. The van der Waals surface area contributed by atoms with Gasteiger partial charge in [0.15, 0.2) is 23.1 Å². The predicted molar refractivity (Wildman–Crippen MR) is 141 cm³/mol. The number of phenolic OH excluding ortho intramolecular Hbond substituents is 1. The number of benzene rings is 2. The van der Waals surface area contributed by atoms with Gasteiger partial charge in [0.05, 0.1) is 12.2 Å². The van der Waals surface area contributed by atoms with Gasteiger partial charge in [0.2, 0.25) is 11.7 Å². The number of nitrogens with two attached hydrogens (primary N) is 1. The van der Waals surface area contributed by atoms with Crippen molar-refractivity contribution in [2.75, 3.05) is 11.9 Å². The Morgan fingerprint density at radius 2 is 1.78 bits per heavy atom. The minimum absolute atomic E-state index is 0.00781. The number of fused-ring (bicyclic) bond motifs is 3. The zero-order chi connectivity index (χ0) is 29.2. The molecule has 12 heteroatoms. The second-order valence-corrected chi connectivity index (χ2v) is 10.6. The van der Waals surface area contributed by atoms with E-state index in [1.807, 2.05) is 0 Å². The lowest BCUT2D eigenvalue weighted by molar-refractivity contribution is -0.169. The van der Waals surface area contributed by atoms with Gasteiger partial charge in [-0.15, -0.1) is 0 Å². The van der Waals surface area contributed by atoms with Gasteiger partial charge < -0.3 is 26.4 Å². The van der Waals surface area contributed by atoms with E-state index < -0.39 is 58.8 Å². The number of Topliss-reactive ketones (excluding diaryl/α,β-unsaturated/α-hetero) is 3. The average molecular weight is 560 g/mol. The standard InChI is InChI=1S/C29H25N3O9/c30-27(38)23-20(34)11-14-9-13-10-17-16(12-1-3-15(4-2-12)31-28(39)18-7-8-41-32-18)5-6-19(33)22(17)24(35)21(13)25(36)29(14,40)26(23)37/h1-7,13-14,23,32-33,35,40H,8-11H2,(H2,30,38)(H,31,39)/t13-,14+,23?,29+/m1/s1. The van der Waals surface area contributed by atoms with E-state index in [1.54, 1.807) is 36.4 Å². The number of hydrogen-bond acceptors (Lipinski definition) is 10. The van der Waals surface area contributed by atoms with Crippen molar-refractivity contribution in [2.24, 2.45) is 23.5 Å². The molecule has 2 saturated carbocycles. The van der Waals surface area contributed by atoms with Crippen LogP contribution in [-0.2, 0) is 35.2 Å². The van der Waals surface area contributed by atoms with Gasteiger partial charge in [0.25, 0.3) is 5.91 Å². The normalized spacial score (nSPS) is 26.9. The van der Waals surface area contributed by atoms with Crippen LogP contribution in [0.1, 0.15) is 24.0 Å². The largest absolute Gasteiger partial charge is 0.507 e. The first kappa shape index (κ1) is 26.4. The number of primary amides is 1. The summed E-state index contributed by atoms with van der Waals surface area (Å²) in [6.07, 6.45) is 1.39. The first-order valence-corrected chi connectivity index (χ1v) is 12.9.